The number of aliphatic hydroxyl groups is 1. The van der Waals surface area contributed by atoms with Gasteiger partial charge in [0.25, 0.3) is 0 Å². The van der Waals surface area contributed by atoms with E-state index in [0.29, 0.717) is 6.42 Å². The summed E-state index contributed by atoms with van der Waals surface area (Å²) in [7, 11) is 0. The Hall–Kier alpha value is -1.61. The highest BCUT2D eigenvalue weighted by atomic mass is 16.3. The minimum atomic E-state index is -0.543. The molecule has 2 rings (SSSR count). The van der Waals surface area contributed by atoms with Crippen molar-refractivity contribution in [3.63, 3.8) is 0 Å². The summed E-state index contributed by atoms with van der Waals surface area (Å²) in [5, 5.41) is 10.2. The highest BCUT2D eigenvalue weighted by Crippen LogP contribution is 2.22. The number of rotatable bonds is 5. The fraction of sp³-hybridized carbons (Fsp3) is 0.400. The maximum atomic E-state index is 10.2. The Balaban J connectivity index is 2.08. The van der Waals surface area contributed by atoms with E-state index in [1.807, 2.05) is 25.3 Å². The van der Waals surface area contributed by atoms with Crippen molar-refractivity contribution < 1.29 is 9.52 Å². The predicted molar refractivity (Wildman–Crippen MR) is 70.4 cm³/mol. The zero-order valence-corrected chi connectivity index (χ0v) is 10.9. The highest BCUT2D eigenvalue weighted by Gasteiger charge is 2.15. The van der Waals surface area contributed by atoms with Crippen LogP contribution < -0.4 is 0 Å². The van der Waals surface area contributed by atoms with Crippen molar-refractivity contribution in [2.24, 2.45) is 0 Å². The van der Waals surface area contributed by atoms with Crippen LogP contribution in [0.5, 0.6) is 0 Å². The Labute approximate surface area is 107 Å². The molecule has 0 saturated carbocycles. The molecule has 2 heterocycles. The van der Waals surface area contributed by atoms with Gasteiger partial charge in [0.05, 0.1) is 12.4 Å². The van der Waals surface area contributed by atoms with Crippen LogP contribution in [0.3, 0.4) is 0 Å². The Morgan fingerprint density at radius 2 is 2.06 bits per heavy atom. The Bertz CT molecular complexity index is 487. The third-order valence-corrected chi connectivity index (χ3v) is 3.16. The molecular formula is C15H19NO2. The SMILES string of the molecule is CCc1ccc(CC(O)c2ccoc2CC)nc1. The van der Waals surface area contributed by atoms with E-state index in [4.69, 9.17) is 4.42 Å². The van der Waals surface area contributed by atoms with Gasteiger partial charge >= 0.3 is 0 Å². The summed E-state index contributed by atoms with van der Waals surface area (Å²) in [6, 6.07) is 5.88. The van der Waals surface area contributed by atoms with Gasteiger partial charge in [-0.2, -0.15) is 0 Å². The van der Waals surface area contributed by atoms with Crippen LogP contribution >= 0.6 is 0 Å². The van der Waals surface area contributed by atoms with Gasteiger partial charge in [-0.05, 0) is 24.1 Å². The standard InChI is InChI=1S/C15H19NO2/c1-3-11-5-6-12(16-10-11)9-14(17)13-7-8-18-15(13)4-2/h5-8,10,14,17H,3-4,9H2,1-2H3. The highest BCUT2D eigenvalue weighted by molar-refractivity contribution is 5.22. The molecule has 0 aliphatic rings. The number of aryl methyl sites for hydroxylation is 2. The van der Waals surface area contributed by atoms with E-state index in [9.17, 15) is 5.11 Å². The van der Waals surface area contributed by atoms with E-state index in [0.717, 1.165) is 29.9 Å². The quantitative estimate of drug-likeness (QED) is 0.880. The number of aliphatic hydroxyl groups excluding tert-OH is 1. The van der Waals surface area contributed by atoms with E-state index in [1.54, 1.807) is 6.26 Å². The van der Waals surface area contributed by atoms with Crippen LogP contribution in [0.1, 0.15) is 42.5 Å². The fourth-order valence-electron chi connectivity index (χ4n) is 2.03. The summed E-state index contributed by atoms with van der Waals surface area (Å²) < 4.78 is 5.33. The van der Waals surface area contributed by atoms with Crippen LogP contribution in [0.2, 0.25) is 0 Å². The summed E-state index contributed by atoms with van der Waals surface area (Å²) in [6.07, 6.45) is 5.26. The third kappa shape index (κ3) is 2.79. The summed E-state index contributed by atoms with van der Waals surface area (Å²) in [5.74, 6) is 0.854. The molecule has 0 radical (unpaired) electrons. The maximum Gasteiger partial charge on any atom is 0.109 e. The molecule has 0 aliphatic carbocycles. The second-order valence-corrected chi connectivity index (χ2v) is 4.38. The third-order valence-electron chi connectivity index (χ3n) is 3.16. The van der Waals surface area contributed by atoms with Crippen molar-refractivity contribution in [2.45, 2.75) is 39.2 Å². The van der Waals surface area contributed by atoms with Crippen molar-refractivity contribution >= 4 is 0 Å². The van der Waals surface area contributed by atoms with Gasteiger partial charge in [-0.25, -0.2) is 0 Å². The monoisotopic (exact) mass is 245 g/mol. The molecule has 0 fully saturated rings. The number of hydrogen-bond donors (Lipinski definition) is 1. The fourth-order valence-corrected chi connectivity index (χ4v) is 2.03. The smallest absolute Gasteiger partial charge is 0.109 e. The zero-order valence-electron chi connectivity index (χ0n) is 10.9. The molecule has 0 aromatic carbocycles. The minimum Gasteiger partial charge on any atom is -0.469 e. The molecule has 3 heteroatoms. The van der Waals surface area contributed by atoms with Crippen LogP contribution in [-0.4, -0.2) is 10.1 Å². The Kier molecular flexibility index (Phi) is 4.15. The van der Waals surface area contributed by atoms with Crippen LogP contribution in [0.15, 0.2) is 35.1 Å². The summed E-state index contributed by atoms with van der Waals surface area (Å²) in [4.78, 5) is 4.36. The lowest BCUT2D eigenvalue weighted by Crippen LogP contribution is -2.04. The summed E-state index contributed by atoms with van der Waals surface area (Å²) >= 11 is 0. The van der Waals surface area contributed by atoms with Crippen LogP contribution in [0.4, 0.5) is 0 Å². The Morgan fingerprint density at radius 1 is 1.22 bits per heavy atom. The average molecular weight is 245 g/mol. The molecule has 0 amide bonds. The van der Waals surface area contributed by atoms with Crippen LogP contribution in [-0.2, 0) is 19.3 Å². The first-order chi connectivity index (χ1) is 8.74. The lowest BCUT2D eigenvalue weighted by Gasteiger charge is -2.10. The van der Waals surface area contributed by atoms with Crippen molar-refractivity contribution in [3.8, 4) is 0 Å². The Morgan fingerprint density at radius 3 is 2.67 bits per heavy atom. The molecule has 0 spiro atoms. The van der Waals surface area contributed by atoms with Gasteiger partial charge in [-0.3, -0.25) is 4.98 Å². The largest absolute Gasteiger partial charge is 0.469 e. The van der Waals surface area contributed by atoms with E-state index in [-0.39, 0.29) is 0 Å². The van der Waals surface area contributed by atoms with Gasteiger partial charge in [0.2, 0.25) is 0 Å². The predicted octanol–water partition coefficient (Wildman–Crippen LogP) is 3.08. The second kappa shape index (κ2) is 5.83. The first-order valence-electron chi connectivity index (χ1n) is 6.42. The van der Waals surface area contributed by atoms with Crippen molar-refractivity contribution in [2.75, 3.05) is 0 Å². The van der Waals surface area contributed by atoms with Crippen LogP contribution in [0, 0.1) is 0 Å². The number of hydrogen-bond acceptors (Lipinski definition) is 3. The van der Waals surface area contributed by atoms with E-state index < -0.39 is 6.10 Å². The summed E-state index contributed by atoms with van der Waals surface area (Å²) in [6.45, 7) is 4.12. The van der Waals surface area contributed by atoms with Gasteiger partial charge in [0.15, 0.2) is 0 Å². The van der Waals surface area contributed by atoms with Gasteiger partial charge in [-0.1, -0.05) is 19.9 Å². The molecule has 2 aromatic rings. The first-order valence-corrected chi connectivity index (χ1v) is 6.42. The maximum absolute atomic E-state index is 10.2. The average Bonchev–Trinajstić information content (AvgIpc) is 2.88. The molecule has 1 atom stereocenters. The number of furan rings is 1. The zero-order chi connectivity index (χ0) is 13.0. The van der Waals surface area contributed by atoms with Crippen molar-refractivity contribution in [3.05, 3.63) is 53.2 Å². The number of pyridine rings is 1. The topological polar surface area (TPSA) is 46.3 Å². The molecule has 0 aliphatic heterocycles. The summed E-state index contributed by atoms with van der Waals surface area (Å²) in [5.41, 5.74) is 2.99. The molecule has 3 nitrogen and oxygen atoms in total. The van der Waals surface area contributed by atoms with Crippen molar-refractivity contribution in [1.82, 2.24) is 4.98 Å². The first kappa shape index (κ1) is 12.8. The molecule has 0 bridgehead atoms. The molecule has 1 N–H and O–H groups in total. The van der Waals surface area contributed by atoms with Gasteiger partial charge in [-0.15, -0.1) is 0 Å². The number of aromatic nitrogens is 1. The molecule has 2 aromatic heterocycles. The van der Waals surface area contributed by atoms with E-state index in [1.165, 1.54) is 5.56 Å². The van der Waals surface area contributed by atoms with Gasteiger partial charge in [0.1, 0.15) is 5.76 Å². The second-order valence-electron chi connectivity index (χ2n) is 4.38. The number of nitrogens with zero attached hydrogens (tertiary/aromatic N) is 1. The van der Waals surface area contributed by atoms with E-state index >= 15 is 0 Å². The normalized spacial score (nSPS) is 12.6. The molecule has 96 valence electrons. The lowest BCUT2D eigenvalue weighted by atomic mass is 10.0. The molecule has 18 heavy (non-hydrogen) atoms. The van der Waals surface area contributed by atoms with Crippen molar-refractivity contribution in [1.29, 1.82) is 0 Å². The van der Waals surface area contributed by atoms with Gasteiger partial charge in [0, 0.05) is 30.3 Å². The minimum absolute atomic E-state index is 0.524. The molecular weight excluding hydrogens is 226 g/mol. The van der Waals surface area contributed by atoms with Gasteiger partial charge < -0.3 is 9.52 Å². The molecule has 0 saturated heterocycles. The van der Waals surface area contributed by atoms with E-state index in [2.05, 4.69) is 18.0 Å². The van der Waals surface area contributed by atoms with Crippen LogP contribution in [0.25, 0.3) is 0 Å². The molecule has 1 unspecified atom stereocenters. The lowest BCUT2D eigenvalue weighted by molar-refractivity contribution is 0.174.